The van der Waals surface area contributed by atoms with Gasteiger partial charge in [0.2, 0.25) is 0 Å². The Labute approximate surface area is 208 Å². The van der Waals surface area contributed by atoms with Gasteiger partial charge >= 0.3 is 0 Å². The van der Waals surface area contributed by atoms with Gasteiger partial charge in [0.15, 0.2) is 0 Å². The molecule has 2 aromatic carbocycles. The Kier molecular flexibility index (Phi) is 13.6. The Morgan fingerprint density at radius 3 is 1.66 bits per heavy atom. The molecular weight excluding hydrogens is 453 g/mol. The summed E-state index contributed by atoms with van der Waals surface area (Å²) in [6.45, 7) is 2.26. The molecule has 2 nitrogen and oxygen atoms in total. The molecule has 2 fully saturated rings. The molecule has 0 aliphatic heterocycles. The van der Waals surface area contributed by atoms with Crippen LogP contribution in [0.2, 0.25) is 0 Å². The number of hydrogen-bond acceptors (Lipinski definition) is 2. The van der Waals surface area contributed by atoms with Crippen molar-refractivity contribution in [3.8, 4) is 0 Å². The third kappa shape index (κ3) is 7.53. The maximum Gasteiger partial charge on any atom is 0.124 e. The molecule has 3 unspecified atom stereocenters. The van der Waals surface area contributed by atoms with Gasteiger partial charge in [-0.2, -0.15) is 0 Å². The van der Waals surface area contributed by atoms with Gasteiger partial charge in [-0.25, -0.2) is 0 Å². The molecule has 2 aliphatic rings. The van der Waals surface area contributed by atoms with E-state index in [-0.39, 0.29) is 30.4 Å². The summed E-state index contributed by atoms with van der Waals surface area (Å²) in [7, 11) is 3.73. The van der Waals surface area contributed by atoms with Crippen molar-refractivity contribution in [2.45, 2.75) is 63.6 Å². The normalized spacial score (nSPS) is 23.0. The molecule has 0 radical (unpaired) electrons. The second-order valence-electron chi connectivity index (χ2n) is 9.04. The van der Waals surface area contributed by atoms with E-state index < -0.39 is 7.92 Å². The average molecular weight is 494 g/mol. The topological polar surface area (TPSA) is 20.3 Å². The van der Waals surface area contributed by atoms with E-state index in [4.69, 9.17) is 0 Å². The molecule has 2 saturated carbocycles. The molecule has 4 heteroatoms. The molecule has 178 valence electrons. The molecule has 2 aromatic rings. The Balaban J connectivity index is 0.000000647. The third-order valence-electron chi connectivity index (χ3n) is 6.98. The van der Waals surface area contributed by atoms with E-state index in [1.807, 2.05) is 0 Å². The van der Waals surface area contributed by atoms with Crippen LogP contribution in [0, 0.1) is 19.3 Å². The zero-order valence-electron chi connectivity index (χ0n) is 20.3. The first-order valence-electron chi connectivity index (χ1n) is 11.6. The minimum absolute atomic E-state index is 0. The van der Waals surface area contributed by atoms with Crippen molar-refractivity contribution in [2.75, 3.05) is 14.1 Å². The Morgan fingerprint density at radius 2 is 1.28 bits per heavy atom. The smallest absolute Gasteiger partial charge is 0.124 e. The van der Waals surface area contributed by atoms with Gasteiger partial charge in [0.05, 0.1) is 0 Å². The summed E-state index contributed by atoms with van der Waals surface area (Å²) in [5.41, 5.74) is 0.435. The van der Waals surface area contributed by atoms with Gasteiger partial charge in [0.1, 0.15) is 6.29 Å². The fourth-order valence-corrected chi connectivity index (χ4v) is 8.16. The number of nitrogens with zero attached hydrogens (tertiary/aromatic N) is 1. The summed E-state index contributed by atoms with van der Waals surface area (Å²) in [4.78, 5) is 14.4. The first-order valence-corrected chi connectivity index (χ1v) is 13.1. The van der Waals surface area contributed by atoms with E-state index in [1.165, 1.54) is 49.0 Å². The standard InChI is InChI=1S/C22H28NOP.C5H10.CH3.Fe/c1-17(23(2)3)20-14-15-22(21(20)16-24)25(18-10-6-4-7-11-18)19-12-8-5-9-13-19;1-2-4-5-3-1;;/h4-13,16-17,20-22H,14-15H2,1-3H3;1-5H2;1H3;/q;;-1;/t17-,20?,21?,22?;;;/m1.../s1. The van der Waals surface area contributed by atoms with Crippen LogP contribution in [-0.2, 0) is 21.9 Å². The fraction of sp³-hybridized carbons (Fsp3) is 0.500. The van der Waals surface area contributed by atoms with Crippen LogP contribution >= 0.6 is 7.92 Å². The molecule has 0 N–H and O–H groups in total. The van der Waals surface area contributed by atoms with Crippen LogP contribution < -0.4 is 10.6 Å². The summed E-state index contributed by atoms with van der Waals surface area (Å²) in [5, 5.41) is 2.78. The number of carbonyl (C=O) groups excluding carboxylic acids is 1. The molecule has 0 spiro atoms. The summed E-state index contributed by atoms with van der Waals surface area (Å²) < 4.78 is 0. The van der Waals surface area contributed by atoms with E-state index in [0.29, 0.717) is 17.6 Å². The van der Waals surface area contributed by atoms with Crippen LogP contribution in [0.25, 0.3) is 0 Å². The number of benzene rings is 2. The second kappa shape index (κ2) is 15.0. The van der Waals surface area contributed by atoms with Crippen LogP contribution in [-0.4, -0.2) is 37.0 Å². The summed E-state index contributed by atoms with van der Waals surface area (Å²) in [6.07, 6.45) is 11.0. The van der Waals surface area contributed by atoms with Crippen molar-refractivity contribution in [2.24, 2.45) is 11.8 Å². The Morgan fingerprint density at radius 1 is 0.844 bits per heavy atom. The molecule has 4 atom stereocenters. The van der Waals surface area contributed by atoms with Crippen molar-refractivity contribution >= 4 is 24.8 Å². The van der Waals surface area contributed by atoms with E-state index >= 15 is 0 Å². The largest absolute Gasteiger partial charge is 0.358 e. The van der Waals surface area contributed by atoms with Gasteiger partial charge in [-0.3, -0.25) is 0 Å². The zero-order chi connectivity index (χ0) is 21.3. The van der Waals surface area contributed by atoms with Crippen molar-refractivity contribution in [1.82, 2.24) is 4.90 Å². The van der Waals surface area contributed by atoms with Gasteiger partial charge in [-0.1, -0.05) is 92.8 Å². The molecule has 4 rings (SSSR count). The third-order valence-corrected chi connectivity index (χ3v) is 9.95. The van der Waals surface area contributed by atoms with Gasteiger partial charge in [0.25, 0.3) is 0 Å². The van der Waals surface area contributed by atoms with Crippen LogP contribution in [0.4, 0.5) is 0 Å². The Hall–Kier alpha value is -0.981. The predicted molar refractivity (Wildman–Crippen MR) is 138 cm³/mol. The van der Waals surface area contributed by atoms with Crippen molar-refractivity contribution in [1.29, 1.82) is 0 Å². The molecule has 0 saturated heterocycles. The fourth-order valence-electron chi connectivity index (χ4n) is 5.07. The number of rotatable bonds is 6. The predicted octanol–water partition coefficient (Wildman–Crippen LogP) is 6.06. The molecule has 2 aliphatic carbocycles. The maximum atomic E-state index is 12.1. The molecule has 0 heterocycles. The minimum Gasteiger partial charge on any atom is -0.358 e. The maximum absolute atomic E-state index is 12.1. The molecular formula is C28H41FeNOP-. The van der Waals surface area contributed by atoms with Crippen molar-refractivity contribution in [3.05, 3.63) is 68.1 Å². The van der Waals surface area contributed by atoms with Gasteiger partial charge < -0.3 is 17.1 Å². The van der Waals surface area contributed by atoms with E-state index in [0.717, 1.165) is 12.8 Å². The first kappa shape index (κ1) is 29.1. The first-order chi connectivity index (χ1) is 14.6. The average Bonchev–Trinajstić information content (AvgIpc) is 3.48. The van der Waals surface area contributed by atoms with Crippen molar-refractivity contribution in [3.63, 3.8) is 0 Å². The van der Waals surface area contributed by atoms with Crippen LogP contribution in [0.1, 0.15) is 51.9 Å². The monoisotopic (exact) mass is 494 g/mol. The molecule has 0 aromatic heterocycles. The molecule has 32 heavy (non-hydrogen) atoms. The van der Waals surface area contributed by atoms with E-state index in [1.54, 1.807) is 0 Å². The van der Waals surface area contributed by atoms with Crippen LogP contribution in [0.5, 0.6) is 0 Å². The summed E-state index contributed by atoms with van der Waals surface area (Å²) in [5.74, 6) is 0.596. The summed E-state index contributed by atoms with van der Waals surface area (Å²) in [6, 6.07) is 22.0. The number of hydrogen-bond donors (Lipinski definition) is 0. The minimum atomic E-state index is -0.518. The second-order valence-corrected chi connectivity index (χ2v) is 11.5. The van der Waals surface area contributed by atoms with Crippen LogP contribution in [0.3, 0.4) is 0 Å². The Bertz CT molecular complexity index is 703. The quantitative estimate of drug-likeness (QED) is 0.211. The van der Waals surface area contributed by atoms with Gasteiger partial charge in [0, 0.05) is 29.0 Å². The molecule has 0 amide bonds. The van der Waals surface area contributed by atoms with Crippen molar-refractivity contribution < 1.29 is 21.9 Å². The van der Waals surface area contributed by atoms with Gasteiger partial charge in [-0.05, 0) is 64.0 Å². The number of aldehydes is 1. The SMILES string of the molecule is C1CCCC1.C[C@H](C1CCC(P(c2ccccc2)c2ccccc2)C1C=O)N(C)C.[CH3-].[Fe]. The molecule has 0 bridgehead atoms. The zero-order valence-corrected chi connectivity index (χ0v) is 22.3. The number of carbonyl (C=O) groups is 1. The van der Waals surface area contributed by atoms with E-state index in [9.17, 15) is 4.79 Å². The van der Waals surface area contributed by atoms with Crippen LogP contribution in [0.15, 0.2) is 60.7 Å². The van der Waals surface area contributed by atoms with Gasteiger partial charge in [-0.15, -0.1) is 0 Å². The van der Waals surface area contributed by atoms with E-state index in [2.05, 4.69) is 86.6 Å². The summed E-state index contributed by atoms with van der Waals surface area (Å²) >= 11 is 0.